The number of halogens is 2. The van der Waals surface area contributed by atoms with E-state index in [2.05, 4.69) is 42.5 Å². The van der Waals surface area contributed by atoms with Gasteiger partial charge in [0.05, 0.1) is 31.1 Å². The minimum absolute atomic E-state index is 0.837. The number of hydrogen-bond donors (Lipinski definition) is 0. The monoisotopic (exact) mass is 402 g/mol. The summed E-state index contributed by atoms with van der Waals surface area (Å²) in [4.78, 5) is 0. The molecule has 0 aromatic heterocycles. The molecule has 0 saturated carbocycles. The van der Waals surface area contributed by atoms with Gasteiger partial charge in [0.2, 0.25) is 0 Å². The summed E-state index contributed by atoms with van der Waals surface area (Å²) < 4.78 is 34.0. The van der Waals surface area contributed by atoms with E-state index in [1.807, 2.05) is 12.1 Å². The van der Waals surface area contributed by atoms with E-state index in [1.165, 1.54) is 43.3 Å². The van der Waals surface area contributed by atoms with E-state index in [0.29, 0.717) is 0 Å². The maximum atomic E-state index is 8.49. The standard InChI is InChI=1S/C18H21ClP.ClHO4/c19-17-11-9-16(10-12-17)15-20(13-5-2-6-14-20)18-7-3-1-4-8-18;2-1(3,4)5/h1,3-4,7-12H,2,5-6,13-15H2;(H,2,3,4,5)/q+1;/p-1. The third kappa shape index (κ3) is 7.20. The van der Waals surface area contributed by atoms with Crippen molar-refractivity contribution in [3.63, 3.8) is 0 Å². The van der Waals surface area contributed by atoms with Crippen LogP contribution in [-0.4, -0.2) is 12.3 Å². The van der Waals surface area contributed by atoms with Crippen molar-refractivity contribution < 1.29 is 28.9 Å². The van der Waals surface area contributed by atoms with Crippen molar-refractivity contribution in [1.29, 1.82) is 0 Å². The van der Waals surface area contributed by atoms with Crippen LogP contribution in [0.15, 0.2) is 54.6 Å². The number of hydrogen-bond acceptors (Lipinski definition) is 4. The molecule has 0 amide bonds. The van der Waals surface area contributed by atoms with Crippen LogP contribution in [0.25, 0.3) is 0 Å². The summed E-state index contributed by atoms with van der Waals surface area (Å²) in [6.07, 6.45) is 8.29. The molecule has 4 nitrogen and oxygen atoms in total. The molecule has 2 aromatic carbocycles. The quantitative estimate of drug-likeness (QED) is 0.703. The Morgan fingerprint density at radius 2 is 1.32 bits per heavy atom. The first-order valence-electron chi connectivity index (χ1n) is 8.06. The lowest BCUT2D eigenvalue weighted by molar-refractivity contribution is -2.00. The lowest BCUT2D eigenvalue weighted by atomic mass is 10.2. The topological polar surface area (TPSA) is 92.2 Å². The molecule has 2 aromatic rings. The molecule has 0 atom stereocenters. The Morgan fingerprint density at radius 3 is 1.84 bits per heavy atom. The summed E-state index contributed by atoms with van der Waals surface area (Å²) in [6.45, 7) is 0. The molecule has 0 spiro atoms. The zero-order chi connectivity index (χ0) is 18.3. The molecule has 1 aliphatic heterocycles. The van der Waals surface area contributed by atoms with E-state index < -0.39 is 17.5 Å². The van der Waals surface area contributed by atoms with Crippen LogP contribution in [0.1, 0.15) is 24.8 Å². The van der Waals surface area contributed by atoms with Gasteiger partial charge in [-0.15, -0.1) is 10.2 Å². The highest BCUT2D eigenvalue weighted by Crippen LogP contribution is 2.63. The lowest BCUT2D eigenvalue weighted by Crippen LogP contribution is -2.68. The largest absolute Gasteiger partial charge is 0.222 e. The van der Waals surface area contributed by atoms with Gasteiger partial charge >= 0.3 is 0 Å². The van der Waals surface area contributed by atoms with Gasteiger partial charge in [-0.05, 0) is 49.1 Å². The molecule has 0 aliphatic carbocycles. The van der Waals surface area contributed by atoms with E-state index in [1.54, 1.807) is 5.30 Å². The van der Waals surface area contributed by atoms with Crippen molar-refractivity contribution in [3.05, 3.63) is 65.2 Å². The third-order valence-electron chi connectivity index (χ3n) is 4.37. The maximum Gasteiger partial charge on any atom is 0.0943 e. The van der Waals surface area contributed by atoms with Gasteiger partial charge in [-0.1, -0.05) is 41.9 Å². The normalized spacial score (nSPS) is 16.7. The Labute approximate surface area is 156 Å². The SMILES string of the molecule is Clc1ccc(C[P+]2(c3ccccc3)CCCCC2)cc1.[O-][Cl+3]([O-])([O-])[O-]. The molecule has 1 heterocycles. The Bertz CT molecular complexity index is 632. The Kier molecular flexibility index (Phi) is 7.66. The zero-order valence-electron chi connectivity index (χ0n) is 13.8. The molecule has 3 rings (SSSR count). The van der Waals surface area contributed by atoms with Gasteiger partial charge in [0, 0.05) is 5.02 Å². The molecule has 1 saturated heterocycles. The van der Waals surface area contributed by atoms with Crippen molar-refractivity contribution in [2.24, 2.45) is 0 Å². The Balaban J connectivity index is 0.000000399. The van der Waals surface area contributed by atoms with Gasteiger partial charge in [-0.25, -0.2) is 18.6 Å². The fourth-order valence-corrected chi connectivity index (χ4v) is 8.05. The van der Waals surface area contributed by atoms with E-state index in [9.17, 15) is 0 Å². The summed E-state index contributed by atoms with van der Waals surface area (Å²) in [6, 6.07) is 19.7. The van der Waals surface area contributed by atoms with Crippen LogP contribution in [0.2, 0.25) is 5.02 Å². The van der Waals surface area contributed by atoms with E-state index >= 15 is 0 Å². The Hall–Kier alpha value is -0.710. The minimum Gasteiger partial charge on any atom is -0.222 e. The van der Waals surface area contributed by atoms with Crippen LogP contribution in [0.3, 0.4) is 0 Å². The summed E-state index contributed by atoms with van der Waals surface area (Å²) in [5.41, 5.74) is 1.45. The van der Waals surface area contributed by atoms with E-state index in [0.717, 1.165) is 5.02 Å². The highest BCUT2D eigenvalue weighted by molar-refractivity contribution is 7.82. The molecular formula is C18H21Cl2O4P. The minimum atomic E-state index is -4.94. The van der Waals surface area contributed by atoms with Crippen LogP contribution in [-0.2, 0) is 6.16 Å². The molecule has 136 valence electrons. The summed E-state index contributed by atoms with van der Waals surface area (Å²) in [5, 5.41) is 2.46. The molecule has 1 aliphatic rings. The van der Waals surface area contributed by atoms with Gasteiger partial charge in [-0.3, -0.25) is 0 Å². The highest BCUT2D eigenvalue weighted by Gasteiger charge is 2.41. The van der Waals surface area contributed by atoms with Crippen molar-refractivity contribution in [2.45, 2.75) is 25.4 Å². The maximum absolute atomic E-state index is 8.49. The predicted molar refractivity (Wildman–Crippen MR) is 91.7 cm³/mol. The van der Waals surface area contributed by atoms with Gasteiger partial charge in [-0.2, -0.15) is 0 Å². The van der Waals surface area contributed by atoms with Crippen molar-refractivity contribution in [1.82, 2.24) is 0 Å². The average molecular weight is 403 g/mol. The van der Waals surface area contributed by atoms with Crippen LogP contribution in [0.5, 0.6) is 0 Å². The molecule has 25 heavy (non-hydrogen) atoms. The Morgan fingerprint density at radius 1 is 0.800 bits per heavy atom. The molecular weight excluding hydrogens is 382 g/mol. The predicted octanol–water partition coefficient (Wildman–Crippen LogP) is 0.611. The van der Waals surface area contributed by atoms with Gasteiger partial charge in [0.25, 0.3) is 0 Å². The highest BCUT2D eigenvalue weighted by atomic mass is 35.7. The van der Waals surface area contributed by atoms with Crippen molar-refractivity contribution >= 4 is 24.2 Å². The third-order valence-corrected chi connectivity index (χ3v) is 9.34. The molecule has 7 heteroatoms. The van der Waals surface area contributed by atoms with Crippen LogP contribution < -0.4 is 23.9 Å². The lowest BCUT2D eigenvalue weighted by Gasteiger charge is -2.31. The van der Waals surface area contributed by atoms with Gasteiger partial charge < -0.3 is 0 Å². The van der Waals surface area contributed by atoms with Crippen molar-refractivity contribution in [2.75, 3.05) is 12.3 Å². The van der Waals surface area contributed by atoms with E-state index in [4.69, 9.17) is 30.2 Å². The second-order valence-electron chi connectivity index (χ2n) is 6.15. The van der Waals surface area contributed by atoms with Crippen LogP contribution in [0.4, 0.5) is 0 Å². The smallest absolute Gasteiger partial charge is 0.0943 e. The molecule has 0 bridgehead atoms. The fourth-order valence-electron chi connectivity index (χ4n) is 3.31. The van der Waals surface area contributed by atoms with Crippen LogP contribution in [0, 0.1) is 10.2 Å². The van der Waals surface area contributed by atoms with Crippen LogP contribution >= 0.6 is 18.9 Å². The van der Waals surface area contributed by atoms with Gasteiger partial charge in [0.1, 0.15) is 0 Å². The first-order valence-corrected chi connectivity index (χ1v) is 12.0. The first kappa shape index (κ1) is 20.6. The molecule has 1 fully saturated rings. The average Bonchev–Trinajstić information content (AvgIpc) is 2.57. The van der Waals surface area contributed by atoms with Crippen molar-refractivity contribution in [3.8, 4) is 0 Å². The molecule has 0 N–H and O–H groups in total. The number of benzene rings is 2. The summed E-state index contributed by atoms with van der Waals surface area (Å²) in [5.74, 6) is 0. The second-order valence-corrected chi connectivity index (χ2v) is 11.4. The summed E-state index contributed by atoms with van der Waals surface area (Å²) >= 11 is 6.02. The molecule has 0 radical (unpaired) electrons. The van der Waals surface area contributed by atoms with E-state index in [-0.39, 0.29) is 0 Å². The number of rotatable bonds is 3. The second kappa shape index (κ2) is 9.29. The van der Waals surface area contributed by atoms with Gasteiger partial charge in [0.15, 0.2) is 0 Å². The first-order chi connectivity index (χ1) is 11.8. The zero-order valence-corrected chi connectivity index (χ0v) is 16.2. The fraction of sp³-hybridized carbons (Fsp3) is 0.333. The summed E-state index contributed by atoms with van der Waals surface area (Å²) in [7, 11) is -5.97. The molecule has 0 unspecified atom stereocenters.